The minimum Gasteiger partial charge on any atom is -0.506 e. The van der Waals surface area contributed by atoms with Crippen molar-refractivity contribution >= 4 is 11.5 Å². The summed E-state index contributed by atoms with van der Waals surface area (Å²) in [4.78, 5) is 3.69. The molecule has 1 rings (SSSR count). The van der Waals surface area contributed by atoms with Gasteiger partial charge >= 0.3 is 0 Å². The van der Waals surface area contributed by atoms with E-state index < -0.39 is 0 Å². The van der Waals surface area contributed by atoms with Crippen molar-refractivity contribution < 1.29 is 5.11 Å². The molecular weight excluding hydrogens is 142 g/mol. The van der Waals surface area contributed by atoms with Crippen LogP contribution >= 0.6 is 0 Å². The second-order valence-electron chi connectivity index (χ2n) is 2.25. The van der Waals surface area contributed by atoms with Gasteiger partial charge in [0.25, 0.3) is 0 Å². The molecule has 0 spiro atoms. The first kappa shape index (κ1) is 7.53. The van der Waals surface area contributed by atoms with Gasteiger partial charge in [-0.2, -0.15) is 0 Å². The van der Waals surface area contributed by atoms with Gasteiger partial charge in [0.2, 0.25) is 0 Å². The van der Waals surface area contributed by atoms with Crippen LogP contribution in [-0.2, 0) is 0 Å². The van der Waals surface area contributed by atoms with Crippen molar-refractivity contribution in [3.8, 4) is 5.75 Å². The molecule has 4 N–H and O–H groups in total. The van der Waals surface area contributed by atoms with Crippen LogP contribution in [0.4, 0.5) is 5.82 Å². The largest absolute Gasteiger partial charge is 0.506 e. The smallest absolute Gasteiger partial charge is 0.134 e. The van der Waals surface area contributed by atoms with Crippen LogP contribution in [0.5, 0.6) is 5.75 Å². The third kappa shape index (κ3) is 1.46. The van der Waals surface area contributed by atoms with E-state index in [0.29, 0.717) is 11.3 Å². The van der Waals surface area contributed by atoms with E-state index in [-0.39, 0.29) is 11.6 Å². The summed E-state index contributed by atoms with van der Waals surface area (Å²) in [5.41, 5.74) is 6.20. The molecule has 0 bridgehead atoms. The van der Waals surface area contributed by atoms with Crippen molar-refractivity contribution in [1.29, 1.82) is 5.41 Å². The summed E-state index contributed by atoms with van der Waals surface area (Å²) in [6.45, 7) is 1.59. The summed E-state index contributed by atoms with van der Waals surface area (Å²) >= 11 is 0. The summed E-state index contributed by atoms with van der Waals surface area (Å²) < 4.78 is 0. The Balaban J connectivity index is 3.23. The van der Waals surface area contributed by atoms with Crippen molar-refractivity contribution in [2.24, 2.45) is 0 Å². The lowest BCUT2D eigenvalue weighted by molar-refractivity contribution is 0.472. The maximum atomic E-state index is 8.97. The first-order valence-corrected chi connectivity index (χ1v) is 3.11. The Morgan fingerprint density at radius 1 is 1.73 bits per heavy atom. The fraction of sp³-hybridized carbons (Fsp3) is 0.143. The predicted molar refractivity (Wildman–Crippen MR) is 42.8 cm³/mol. The van der Waals surface area contributed by atoms with E-state index >= 15 is 0 Å². The molecule has 0 amide bonds. The van der Waals surface area contributed by atoms with Gasteiger partial charge in [-0.05, 0) is 13.0 Å². The molecule has 0 fully saturated rings. The molecule has 0 saturated carbocycles. The summed E-state index contributed by atoms with van der Waals surface area (Å²) in [7, 11) is 0. The highest BCUT2D eigenvalue weighted by atomic mass is 16.3. The second-order valence-corrected chi connectivity index (χ2v) is 2.25. The monoisotopic (exact) mass is 151 g/mol. The molecule has 0 atom stereocenters. The Labute approximate surface area is 64.2 Å². The third-order valence-corrected chi connectivity index (χ3v) is 1.31. The van der Waals surface area contributed by atoms with Crippen LogP contribution in [0, 0.1) is 5.41 Å². The Morgan fingerprint density at radius 3 is 2.82 bits per heavy atom. The van der Waals surface area contributed by atoms with Crippen molar-refractivity contribution in [2.45, 2.75) is 6.92 Å². The van der Waals surface area contributed by atoms with E-state index in [9.17, 15) is 0 Å². The SMILES string of the molecule is CC(=N)c1cc(O)cnc1N. The molecule has 0 saturated heterocycles. The van der Waals surface area contributed by atoms with Crippen LogP contribution in [0.15, 0.2) is 12.3 Å². The Kier molecular flexibility index (Phi) is 1.76. The number of nitrogens with two attached hydrogens (primary N) is 1. The van der Waals surface area contributed by atoms with Crippen LogP contribution in [0.3, 0.4) is 0 Å². The molecule has 1 heterocycles. The lowest BCUT2D eigenvalue weighted by Gasteiger charge is -2.01. The number of anilines is 1. The Morgan fingerprint density at radius 2 is 2.36 bits per heavy atom. The zero-order valence-corrected chi connectivity index (χ0v) is 6.13. The molecule has 1 aromatic rings. The minimum absolute atomic E-state index is 0.0285. The molecule has 11 heavy (non-hydrogen) atoms. The third-order valence-electron chi connectivity index (χ3n) is 1.31. The highest BCUT2D eigenvalue weighted by molar-refractivity contribution is 6.00. The number of hydrogen-bond donors (Lipinski definition) is 3. The normalized spacial score (nSPS) is 9.55. The average molecular weight is 151 g/mol. The first-order chi connectivity index (χ1) is 5.11. The molecule has 0 aliphatic carbocycles. The molecule has 0 aliphatic heterocycles. The summed E-state index contributed by atoms with van der Waals surface area (Å²) in [6.07, 6.45) is 1.25. The number of aromatic nitrogens is 1. The molecule has 4 nitrogen and oxygen atoms in total. The Hall–Kier alpha value is -1.58. The van der Waals surface area contributed by atoms with Gasteiger partial charge in [-0.1, -0.05) is 0 Å². The van der Waals surface area contributed by atoms with Gasteiger partial charge in [0, 0.05) is 11.3 Å². The van der Waals surface area contributed by atoms with Crippen molar-refractivity contribution in [2.75, 3.05) is 5.73 Å². The molecule has 1 aromatic heterocycles. The van der Waals surface area contributed by atoms with Crippen molar-refractivity contribution in [3.05, 3.63) is 17.8 Å². The molecule has 0 radical (unpaired) electrons. The second kappa shape index (κ2) is 2.57. The first-order valence-electron chi connectivity index (χ1n) is 3.11. The highest BCUT2D eigenvalue weighted by Crippen LogP contribution is 2.15. The number of nitrogen functional groups attached to an aromatic ring is 1. The number of pyridine rings is 1. The summed E-state index contributed by atoms with van der Waals surface area (Å²) in [6, 6.07) is 1.42. The van der Waals surface area contributed by atoms with E-state index in [1.807, 2.05) is 0 Å². The maximum Gasteiger partial charge on any atom is 0.134 e. The molecule has 4 heteroatoms. The molecular formula is C7H9N3O. The fourth-order valence-corrected chi connectivity index (χ4v) is 0.765. The number of rotatable bonds is 1. The zero-order valence-electron chi connectivity index (χ0n) is 6.13. The van der Waals surface area contributed by atoms with Gasteiger partial charge in [-0.3, -0.25) is 0 Å². The van der Waals surface area contributed by atoms with Gasteiger partial charge in [-0.15, -0.1) is 0 Å². The number of hydrogen-bond acceptors (Lipinski definition) is 4. The van der Waals surface area contributed by atoms with E-state index in [2.05, 4.69) is 4.98 Å². The summed E-state index contributed by atoms with van der Waals surface area (Å²) in [5, 5.41) is 16.2. The van der Waals surface area contributed by atoms with Gasteiger partial charge in [0.05, 0.1) is 6.20 Å². The van der Waals surface area contributed by atoms with Crippen LogP contribution < -0.4 is 5.73 Å². The maximum absolute atomic E-state index is 8.97. The molecule has 0 unspecified atom stereocenters. The zero-order chi connectivity index (χ0) is 8.43. The molecule has 0 aromatic carbocycles. The van der Waals surface area contributed by atoms with Crippen molar-refractivity contribution in [1.82, 2.24) is 4.98 Å². The van der Waals surface area contributed by atoms with Gasteiger partial charge in [0.1, 0.15) is 11.6 Å². The minimum atomic E-state index is 0.0285. The van der Waals surface area contributed by atoms with Crippen molar-refractivity contribution in [3.63, 3.8) is 0 Å². The van der Waals surface area contributed by atoms with Crippen LogP contribution in [0.2, 0.25) is 0 Å². The van der Waals surface area contributed by atoms with E-state index in [1.54, 1.807) is 6.92 Å². The van der Waals surface area contributed by atoms with Crippen LogP contribution in [0.1, 0.15) is 12.5 Å². The van der Waals surface area contributed by atoms with Crippen LogP contribution in [-0.4, -0.2) is 15.8 Å². The standard InChI is InChI=1S/C7H9N3O/c1-4(8)6-2-5(11)3-10-7(6)9/h2-3,8,11H,1H3,(H2,9,10). The predicted octanol–water partition coefficient (Wildman–Crippen LogP) is 0.757. The van der Waals surface area contributed by atoms with Crippen LogP contribution in [0.25, 0.3) is 0 Å². The lowest BCUT2D eigenvalue weighted by atomic mass is 10.2. The molecule has 0 aliphatic rings. The highest BCUT2D eigenvalue weighted by Gasteiger charge is 2.02. The van der Waals surface area contributed by atoms with Gasteiger partial charge in [0.15, 0.2) is 0 Å². The van der Waals surface area contributed by atoms with E-state index in [1.165, 1.54) is 12.3 Å². The Bertz CT molecular complexity index is 296. The average Bonchev–Trinajstić information content (AvgIpc) is 1.94. The fourth-order valence-electron chi connectivity index (χ4n) is 0.765. The lowest BCUT2D eigenvalue weighted by Crippen LogP contribution is -2.01. The summed E-state index contributed by atoms with van der Waals surface area (Å²) in [5.74, 6) is 0.302. The quantitative estimate of drug-likeness (QED) is 0.518. The number of nitrogens with zero attached hydrogens (tertiary/aromatic N) is 1. The number of nitrogens with one attached hydrogen (secondary N) is 1. The van der Waals surface area contributed by atoms with E-state index in [0.717, 1.165) is 0 Å². The number of aromatic hydroxyl groups is 1. The topological polar surface area (TPSA) is 83.0 Å². The molecule has 58 valence electrons. The van der Waals surface area contributed by atoms with E-state index in [4.69, 9.17) is 16.2 Å². The van der Waals surface area contributed by atoms with Gasteiger partial charge < -0.3 is 16.2 Å². The van der Waals surface area contributed by atoms with Gasteiger partial charge in [-0.25, -0.2) is 4.98 Å².